The average Bonchev–Trinajstić information content (AvgIpc) is 2.85. The van der Waals surface area contributed by atoms with E-state index < -0.39 is 0 Å². The van der Waals surface area contributed by atoms with E-state index in [0.717, 1.165) is 25.6 Å². The first-order chi connectivity index (χ1) is 7.22. The highest BCUT2D eigenvalue weighted by molar-refractivity contribution is 5.33. The maximum Gasteiger partial charge on any atom is 0.205 e. The predicted molar refractivity (Wildman–Crippen MR) is 62.0 cm³/mol. The van der Waals surface area contributed by atoms with Gasteiger partial charge in [0.15, 0.2) is 0 Å². The van der Waals surface area contributed by atoms with E-state index in [-0.39, 0.29) is 0 Å². The van der Waals surface area contributed by atoms with Gasteiger partial charge in [0.2, 0.25) is 5.95 Å². The molecule has 4 nitrogen and oxygen atoms in total. The lowest BCUT2D eigenvalue weighted by Gasteiger charge is -2.20. The van der Waals surface area contributed by atoms with Gasteiger partial charge in [0.25, 0.3) is 0 Å². The van der Waals surface area contributed by atoms with E-state index in [1.807, 2.05) is 6.20 Å². The molecule has 1 aromatic rings. The molecule has 1 saturated heterocycles. The first-order valence-corrected chi connectivity index (χ1v) is 5.70. The SMILES string of the molecule is CC(C)n1ccnc1N1CCC(CN)C1. The number of hydrogen-bond donors (Lipinski definition) is 1. The molecule has 0 bridgehead atoms. The Balaban J connectivity index is 2.13. The molecule has 0 amide bonds. The molecule has 2 rings (SSSR count). The molecule has 1 aromatic heterocycles. The summed E-state index contributed by atoms with van der Waals surface area (Å²) >= 11 is 0. The Kier molecular flexibility index (Phi) is 2.95. The lowest BCUT2D eigenvalue weighted by atomic mass is 10.1. The molecule has 1 aliphatic rings. The Morgan fingerprint density at radius 2 is 2.40 bits per heavy atom. The van der Waals surface area contributed by atoms with Gasteiger partial charge in [-0.25, -0.2) is 4.98 Å². The van der Waals surface area contributed by atoms with Crippen LogP contribution in [0.4, 0.5) is 5.95 Å². The van der Waals surface area contributed by atoms with Gasteiger partial charge in [-0.3, -0.25) is 0 Å². The van der Waals surface area contributed by atoms with Crippen LogP contribution in [0.3, 0.4) is 0 Å². The van der Waals surface area contributed by atoms with Gasteiger partial charge in [0.1, 0.15) is 0 Å². The quantitative estimate of drug-likeness (QED) is 0.813. The first kappa shape index (κ1) is 10.5. The summed E-state index contributed by atoms with van der Waals surface area (Å²) in [6.07, 6.45) is 5.13. The molecule has 1 unspecified atom stereocenters. The minimum Gasteiger partial charge on any atom is -0.342 e. The molecule has 0 radical (unpaired) electrons. The third-order valence-corrected chi connectivity index (χ3v) is 3.11. The molecule has 1 aliphatic heterocycles. The van der Waals surface area contributed by atoms with Crippen molar-refractivity contribution in [1.29, 1.82) is 0 Å². The molecule has 0 saturated carbocycles. The number of rotatable bonds is 3. The van der Waals surface area contributed by atoms with E-state index in [2.05, 4.69) is 34.5 Å². The van der Waals surface area contributed by atoms with Gasteiger partial charge in [-0.15, -0.1) is 0 Å². The van der Waals surface area contributed by atoms with E-state index in [9.17, 15) is 0 Å². The normalized spacial score (nSPS) is 21.6. The second kappa shape index (κ2) is 4.23. The largest absolute Gasteiger partial charge is 0.342 e. The van der Waals surface area contributed by atoms with Crippen molar-refractivity contribution in [2.45, 2.75) is 26.3 Å². The predicted octanol–water partition coefficient (Wildman–Crippen LogP) is 1.25. The summed E-state index contributed by atoms with van der Waals surface area (Å²) in [6.45, 7) is 7.30. The molecule has 1 fully saturated rings. The standard InChI is InChI=1S/C11H20N4/c1-9(2)15-6-4-13-11(15)14-5-3-10(7-12)8-14/h4,6,9-10H,3,5,7-8,12H2,1-2H3. The zero-order valence-corrected chi connectivity index (χ0v) is 9.56. The summed E-state index contributed by atoms with van der Waals surface area (Å²) in [5, 5.41) is 0. The monoisotopic (exact) mass is 208 g/mol. The molecule has 0 spiro atoms. The highest BCUT2D eigenvalue weighted by Crippen LogP contribution is 2.23. The van der Waals surface area contributed by atoms with Crippen molar-refractivity contribution in [3.8, 4) is 0 Å². The number of anilines is 1. The van der Waals surface area contributed by atoms with E-state index in [4.69, 9.17) is 5.73 Å². The van der Waals surface area contributed by atoms with Crippen LogP contribution in [0, 0.1) is 5.92 Å². The van der Waals surface area contributed by atoms with Crippen LogP contribution < -0.4 is 10.6 Å². The van der Waals surface area contributed by atoms with Crippen molar-refractivity contribution < 1.29 is 0 Å². The third kappa shape index (κ3) is 2.00. The van der Waals surface area contributed by atoms with Crippen molar-refractivity contribution in [3.05, 3.63) is 12.4 Å². The molecule has 2 heterocycles. The van der Waals surface area contributed by atoms with E-state index in [1.54, 1.807) is 0 Å². The maximum absolute atomic E-state index is 5.69. The molecule has 0 aliphatic carbocycles. The fourth-order valence-electron chi connectivity index (χ4n) is 2.16. The zero-order valence-electron chi connectivity index (χ0n) is 9.56. The minimum absolute atomic E-state index is 0.472. The number of nitrogens with zero attached hydrogens (tertiary/aromatic N) is 3. The summed E-state index contributed by atoms with van der Waals surface area (Å²) in [5.74, 6) is 1.74. The fourth-order valence-corrected chi connectivity index (χ4v) is 2.16. The van der Waals surface area contributed by atoms with E-state index in [0.29, 0.717) is 12.0 Å². The van der Waals surface area contributed by atoms with Crippen LogP contribution in [-0.2, 0) is 0 Å². The summed E-state index contributed by atoms with van der Waals surface area (Å²) in [5.41, 5.74) is 5.69. The zero-order chi connectivity index (χ0) is 10.8. The average molecular weight is 208 g/mol. The van der Waals surface area contributed by atoms with Gasteiger partial charge in [0.05, 0.1) is 0 Å². The number of nitrogens with two attached hydrogens (primary N) is 1. The fraction of sp³-hybridized carbons (Fsp3) is 0.727. The van der Waals surface area contributed by atoms with Crippen LogP contribution in [0.1, 0.15) is 26.3 Å². The number of hydrogen-bond acceptors (Lipinski definition) is 3. The lowest BCUT2D eigenvalue weighted by Crippen LogP contribution is -2.25. The highest BCUT2D eigenvalue weighted by Gasteiger charge is 2.24. The first-order valence-electron chi connectivity index (χ1n) is 5.70. The van der Waals surface area contributed by atoms with Gasteiger partial charge in [-0.05, 0) is 32.7 Å². The van der Waals surface area contributed by atoms with E-state index >= 15 is 0 Å². The molecule has 2 N–H and O–H groups in total. The molecule has 15 heavy (non-hydrogen) atoms. The minimum atomic E-state index is 0.472. The summed E-state index contributed by atoms with van der Waals surface area (Å²) < 4.78 is 2.22. The Bertz CT molecular complexity index is 318. The van der Waals surface area contributed by atoms with Gasteiger partial charge >= 0.3 is 0 Å². The van der Waals surface area contributed by atoms with Crippen LogP contribution in [0.25, 0.3) is 0 Å². The van der Waals surface area contributed by atoms with Crippen LogP contribution in [0.5, 0.6) is 0 Å². The molecule has 84 valence electrons. The molecular formula is C11H20N4. The van der Waals surface area contributed by atoms with Crippen LogP contribution >= 0.6 is 0 Å². The second-order valence-corrected chi connectivity index (χ2v) is 4.56. The van der Waals surface area contributed by atoms with Crippen molar-refractivity contribution in [2.75, 3.05) is 24.5 Å². The topological polar surface area (TPSA) is 47.1 Å². The summed E-state index contributed by atoms with van der Waals surface area (Å²) in [4.78, 5) is 6.78. The molecule has 1 atom stereocenters. The lowest BCUT2D eigenvalue weighted by molar-refractivity contribution is 0.581. The molecule has 0 aromatic carbocycles. The Morgan fingerprint density at radius 3 is 3.00 bits per heavy atom. The number of imidazole rings is 1. The Morgan fingerprint density at radius 1 is 1.60 bits per heavy atom. The van der Waals surface area contributed by atoms with Gasteiger partial charge in [-0.2, -0.15) is 0 Å². The van der Waals surface area contributed by atoms with Crippen molar-refractivity contribution in [2.24, 2.45) is 11.7 Å². The van der Waals surface area contributed by atoms with Crippen molar-refractivity contribution >= 4 is 5.95 Å². The van der Waals surface area contributed by atoms with Gasteiger partial charge in [0, 0.05) is 31.5 Å². The van der Waals surface area contributed by atoms with Crippen LogP contribution in [0.15, 0.2) is 12.4 Å². The smallest absolute Gasteiger partial charge is 0.205 e. The third-order valence-electron chi connectivity index (χ3n) is 3.11. The van der Waals surface area contributed by atoms with Crippen LogP contribution in [0.2, 0.25) is 0 Å². The summed E-state index contributed by atoms with van der Waals surface area (Å²) in [6, 6.07) is 0.472. The van der Waals surface area contributed by atoms with Crippen LogP contribution in [-0.4, -0.2) is 29.2 Å². The second-order valence-electron chi connectivity index (χ2n) is 4.56. The highest BCUT2D eigenvalue weighted by atomic mass is 15.3. The van der Waals surface area contributed by atoms with E-state index in [1.165, 1.54) is 6.42 Å². The molecular weight excluding hydrogens is 188 g/mol. The van der Waals surface area contributed by atoms with Gasteiger partial charge < -0.3 is 15.2 Å². The van der Waals surface area contributed by atoms with Gasteiger partial charge in [-0.1, -0.05) is 0 Å². The Hall–Kier alpha value is -1.03. The van der Waals surface area contributed by atoms with Crippen molar-refractivity contribution in [1.82, 2.24) is 9.55 Å². The summed E-state index contributed by atoms with van der Waals surface area (Å²) in [7, 11) is 0. The van der Waals surface area contributed by atoms with Crippen molar-refractivity contribution in [3.63, 3.8) is 0 Å². The number of aromatic nitrogens is 2. The Labute approximate surface area is 91.1 Å². The molecule has 4 heteroatoms. The maximum atomic E-state index is 5.69.